The van der Waals surface area contributed by atoms with E-state index in [1.807, 2.05) is 38.4 Å². The highest BCUT2D eigenvalue weighted by atomic mass is 35.5. The Kier molecular flexibility index (Phi) is 12.7. The summed E-state index contributed by atoms with van der Waals surface area (Å²) in [6, 6.07) is 7.60. The first kappa shape index (κ1) is 26.0. The summed E-state index contributed by atoms with van der Waals surface area (Å²) < 4.78 is 11.1. The first-order valence-electron chi connectivity index (χ1n) is 8.94. The maximum absolute atomic E-state index is 12.9. The maximum Gasteiger partial charge on any atom is 0.233 e. The number of nitrogens with zero attached hydrogens (tertiary/aromatic N) is 1. The predicted octanol–water partition coefficient (Wildman–Crippen LogP) is 2.82. The Bertz CT molecular complexity index is 547. The first-order valence-corrected chi connectivity index (χ1v) is 8.94. The lowest BCUT2D eigenvalue weighted by molar-refractivity contribution is -0.130. The van der Waals surface area contributed by atoms with Crippen molar-refractivity contribution in [1.29, 1.82) is 0 Å². The van der Waals surface area contributed by atoms with Crippen molar-refractivity contribution in [2.45, 2.75) is 19.3 Å². The van der Waals surface area contributed by atoms with Gasteiger partial charge in [-0.15, -0.1) is 24.8 Å². The van der Waals surface area contributed by atoms with E-state index >= 15 is 0 Å². The Morgan fingerprint density at radius 3 is 2.59 bits per heavy atom. The van der Waals surface area contributed by atoms with Crippen molar-refractivity contribution in [2.75, 3.05) is 59.4 Å². The quantitative estimate of drug-likeness (QED) is 0.600. The smallest absolute Gasteiger partial charge is 0.233 e. The third-order valence-electron chi connectivity index (χ3n) is 4.57. The van der Waals surface area contributed by atoms with Crippen LogP contribution in [0.2, 0.25) is 0 Å². The van der Waals surface area contributed by atoms with E-state index in [4.69, 9.17) is 9.47 Å². The summed E-state index contributed by atoms with van der Waals surface area (Å²) in [6.07, 6.45) is 2.54. The van der Waals surface area contributed by atoms with Gasteiger partial charge in [0.25, 0.3) is 0 Å². The van der Waals surface area contributed by atoms with E-state index in [0.29, 0.717) is 13.2 Å². The minimum atomic E-state index is -0.456. The van der Waals surface area contributed by atoms with Crippen molar-refractivity contribution in [3.8, 4) is 5.75 Å². The molecule has 0 radical (unpaired) electrons. The number of hydrogen-bond acceptors (Lipinski definition) is 5. The molecule has 156 valence electrons. The second-order valence-corrected chi connectivity index (χ2v) is 6.95. The summed E-state index contributed by atoms with van der Waals surface area (Å²) >= 11 is 0. The van der Waals surface area contributed by atoms with E-state index in [9.17, 15) is 4.79 Å². The summed E-state index contributed by atoms with van der Waals surface area (Å²) in [5, 5.41) is 6.35. The lowest BCUT2D eigenvalue weighted by Crippen LogP contribution is -2.47. The fourth-order valence-corrected chi connectivity index (χ4v) is 3.12. The normalized spacial score (nSPS) is 15.4. The molecule has 1 aromatic carbocycles. The van der Waals surface area contributed by atoms with E-state index in [1.54, 1.807) is 7.11 Å². The van der Waals surface area contributed by atoms with Gasteiger partial charge in [-0.05, 0) is 58.6 Å². The minimum absolute atomic E-state index is 0. The zero-order valence-electron chi connectivity index (χ0n) is 16.5. The van der Waals surface area contributed by atoms with Gasteiger partial charge in [-0.1, -0.05) is 6.07 Å². The molecule has 1 fully saturated rings. The molecule has 1 aliphatic heterocycles. The summed E-state index contributed by atoms with van der Waals surface area (Å²) in [4.78, 5) is 15.0. The Labute approximate surface area is 175 Å². The summed E-state index contributed by atoms with van der Waals surface area (Å²) in [5.41, 5.74) is 0.312. The van der Waals surface area contributed by atoms with Gasteiger partial charge in [0.2, 0.25) is 5.91 Å². The molecule has 0 aliphatic carbocycles. The highest BCUT2D eigenvalue weighted by molar-refractivity contribution is 5.95. The second-order valence-electron chi connectivity index (χ2n) is 6.95. The monoisotopic (exact) mass is 421 g/mol. The number of nitrogens with one attached hydrogen (secondary N) is 2. The number of piperidine rings is 1. The van der Waals surface area contributed by atoms with E-state index in [1.165, 1.54) is 0 Å². The first-order chi connectivity index (χ1) is 12.1. The van der Waals surface area contributed by atoms with Gasteiger partial charge in [0.05, 0.1) is 18.6 Å². The maximum atomic E-state index is 12.9. The fourth-order valence-electron chi connectivity index (χ4n) is 3.12. The molecule has 6 nitrogen and oxygen atoms in total. The second kappa shape index (κ2) is 13.2. The van der Waals surface area contributed by atoms with Crippen molar-refractivity contribution in [3.05, 3.63) is 24.3 Å². The van der Waals surface area contributed by atoms with Crippen LogP contribution in [0.4, 0.5) is 5.69 Å². The van der Waals surface area contributed by atoms with Crippen LogP contribution < -0.4 is 15.4 Å². The van der Waals surface area contributed by atoms with Gasteiger partial charge < -0.3 is 25.0 Å². The molecule has 27 heavy (non-hydrogen) atoms. The molecule has 1 saturated heterocycles. The number of methoxy groups -OCH3 is 1. The molecule has 1 aromatic rings. The summed E-state index contributed by atoms with van der Waals surface area (Å²) in [7, 11) is 5.75. The molecule has 0 unspecified atom stereocenters. The van der Waals surface area contributed by atoms with Gasteiger partial charge in [-0.2, -0.15) is 0 Å². The molecular formula is C19H33Cl2N3O3. The van der Waals surface area contributed by atoms with Gasteiger partial charge in [0.1, 0.15) is 5.75 Å². The van der Waals surface area contributed by atoms with Gasteiger partial charge in [-0.3, -0.25) is 4.79 Å². The lowest BCUT2D eigenvalue weighted by atomic mass is 9.78. The number of carbonyl (C=O) groups excluding carboxylic acids is 1. The van der Waals surface area contributed by atoms with Crippen LogP contribution in [0.3, 0.4) is 0 Å². The highest BCUT2D eigenvalue weighted by Gasteiger charge is 2.39. The number of carbonyl (C=O) groups is 1. The molecule has 8 heteroatoms. The molecule has 1 aliphatic rings. The average Bonchev–Trinajstić information content (AvgIpc) is 2.60. The zero-order chi connectivity index (χ0) is 18.1. The molecule has 1 amide bonds. The molecule has 1 heterocycles. The van der Waals surface area contributed by atoms with Crippen LogP contribution in [-0.4, -0.2) is 64.9 Å². The average molecular weight is 422 g/mol. The standard InChI is InChI=1S/C19H31N3O3.2ClH/c1-22(2)12-5-13-25-17-7-4-6-16(14-17)21-18(23)19(15-24-3)8-10-20-11-9-19;;/h4,6-7,14,20H,5,8-13,15H2,1-3H3,(H,21,23);2*1H. The fraction of sp³-hybridized carbons (Fsp3) is 0.632. The summed E-state index contributed by atoms with van der Waals surface area (Å²) in [5.74, 6) is 0.809. The van der Waals surface area contributed by atoms with Crippen molar-refractivity contribution in [2.24, 2.45) is 5.41 Å². The number of anilines is 1. The molecule has 0 spiro atoms. The SMILES string of the molecule is COCC1(C(=O)Nc2cccc(OCCCN(C)C)c2)CCNCC1.Cl.Cl. The van der Waals surface area contributed by atoms with Crippen LogP contribution in [0.15, 0.2) is 24.3 Å². The molecule has 0 bridgehead atoms. The van der Waals surface area contributed by atoms with Crippen molar-refractivity contribution in [3.63, 3.8) is 0 Å². The number of amides is 1. The number of benzene rings is 1. The topological polar surface area (TPSA) is 62.8 Å². The van der Waals surface area contributed by atoms with E-state index in [0.717, 1.165) is 50.3 Å². The lowest BCUT2D eigenvalue weighted by Gasteiger charge is -2.35. The molecule has 0 atom stereocenters. The van der Waals surface area contributed by atoms with Crippen LogP contribution >= 0.6 is 24.8 Å². The van der Waals surface area contributed by atoms with Crippen LogP contribution in [0.5, 0.6) is 5.75 Å². The third kappa shape index (κ3) is 8.23. The Balaban J connectivity index is 0.00000338. The van der Waals surface area contributed by atoms with Gasteiger partial charge in [-0.25, -0.2) is 0 Å². The highest BCUT2D eigenvalue weighted by Crippen LogP contribution is 2.31. The van der Waals surface area contributed by atoms with Gasteiger partial charge >= 0.3 is 0 Å². The van der Waals surface area contributed by atoms with Gasteiger partial charge in [0, 0.05) is 25.4 Å². The summed E-state index contributed by atoms with van der Waals surface area (Å²) in [6.45, 7) is 3.78. The third-order valence-corrected chi connectivity index (χ3v) is 4.57. The Morgan fingerprint density at radius 2 is 1.96 bits per heavy atom. The molecule has 0 saturated carbocycles. The van der Waals surface area contributed by atoms with Crippen molar-refractivity contribution < 1.29 is 14.3 Å². The largest absolute Gasteiger partial charge is 0.493 e. The minimum Gasteiger partial charge on any atom is -0.493 e. The van der Waals surface area contributed by atoms with Crippen molar-refractivity contribution in [1.82, 2.24) is 10.2 Å². The van der Waals surface area contributed by atoms with Crippen LogP contribution in [-0.2, 0) is 9.53 Å². The van der Waals surface area contributed by atoms with Crippen molar-refractivity contribution >= 4 is 36.4 Å². The van der Waals surface area contributed by atoms with Crippen LogP contribution in [0.1, 0.15) is 19.3 Å². The van der Waals surface area contributed by atoms with Crippen LogP contribution in [0.25, 0.3) is 0 Å². The van der Waals surface area contributed by atoms with Gasteiger partial charge in [0.15, 0.2) is 0 Å². The predicted molar refractivity (Wildman–Crippen MR) is 115 cm³/mol. The van der Waals surface area contributed by atoms with Crippen LogP contribution in [0, 0.1) is 5.41 Å². The Morgan fingerprint density at radius 1 is 1.26 bits per heavy atom. The zero-order valence-corrected chi connectivity index (χ0v) is 18.1. The molecule has 2 rings (SSSR count). The number of halogens is 2. The Hall–Kier alpha value is -1.05. The number of rotatable bonds is 9. The van der Waals surface area contributed by atoms with E-state index in [-0.39, 0.29) is 30.7 Å². The molecule has 2 N–H and O–H groups in total. The number of ether oxygens (including phenoxy) is 2. The molecular weight excluding hydrogens is 389 g/mol. The van der Waals surface area contributed by atoms with E-state index < -0.39 is 5.41 Å². The molecule has 0 aromatic heterocycles. The van der Waals surface area contributed by atoms with E-state index in [2.05, 4.69) is 15.5 Å². The number of hydrogen-bond donors (Lipinski definition) is 2.